The molecule has 0 bridgehead atoms. The molecule has 1 aromatic heterocycles. The van der Waals surface area contributed by atoms with Crippen molar-refractivity contribution in [1.29, 1.82) is 0 Å². The van der Waals surface area contributed by atoms with Gasteiger partial charge in [0, 0.05) is 10.6 Å². The molecule has 3 atom stereocenters. The maximum Gasteiger partial charge on any atom is 1.00 e. The van der Waals surface area contributed by atoms with Crippen LogP contribution in [0.3, 0.4) is 0 Å². The molecule has 3 heterocycles. The van der Waals surface area contributed by atoms with E-state index in [1.807, 2.05) is 0 Å². The van der Waals surface area contributed by atoms with Gasteiger partial charge in [-0.1, -0.05) is 5.16 Å². The Bertz CT molecular complexity index is 842. The van der Waals surface area contributed by atoms with Gasteiger partial charge in [0.15, 0.2) is 10.8 Å². The summed E-state index contributed by atoms with van der Waals surface area (Å²) in [6.07, 6.45) is 1.45. The zero-order chi connectivity index (χ0) is 19.0. The normalized spacial score (nSPS) is 24.1. The standard InChI is InChI=1S/C14H15N5O5S2.Na/c1-5-3-7(13(22)23)19-11(21)9(12(19)26-5)17-10(20)8(18-24-2)6-4-25-14(15)16-6;/h3-5,9,12H,1-2H3,(H2,15,16)(H,17,20)(H,22,23);/q;+1/p-1/t5?,9?,12-;/m1./s1. The van der Waals surface area contributed by atoms with Crippen molar-refractivity contribution in [3.8, 4) is 0 Å². The molecular weight excluding hydrogens is 405 g/mol. The molecule has 0 aromatic carbocycles. The Kier molecular flexibility index (Phi) is 6.92. The predicted molar refractivity (Wildman–Crippen MR) is 92.8 cm³/mol. The van der Waals surface area contributed by atoms with Gasteiger partial charge in [-0.25, -0.2) is 4.98 Å². The average Bonchev–Trinajstić information content (AvgIpc) is 3.02. The van der Waals surface area contributed by atoms with Crippen LogP contribution in [0.25, 0.3) is 0 Å². The largest absolute Gasteiger partial charge is 1.00 e. The molecule has 0 aliphatic carbocycles. The van der Waals surface area contributed by atoms with Gasteiger partial charge in [0.25, 0.3) is 11.8 Å². The monoisotopic (exact) mass is 419 g/mol. The fourth-order valence-corrected chi connectivity index (χ4v) is 4.50. The fourth-order valence-electron chi connectivity index (χ4n) is 2.62. The Morgan fingerprint density at radius 1 is 1.48 bits per heavy atom. The van der Waals surface area contributed by atoms with E-state index in [1.54, 1.807) is 6.92 Å². The number of thioether (sulfide) groups is 1. The average molecular weight is 419 g/mol. The number of anilines is 1. The van der Waals surface area contributed by atoms with Crippen molar-refractivity contribution in [3.63, 3.8) is 0 Å². The summed E-state index contributed by atoms with van der Waals surface area (Å²) < 4.78 is 0. The maximum absolute atomic E-state index is 12.5. The van der Waals surface area contributed by atoms with Crippen LogP contribution in [0, 0.1) is 0 Å². The zero-order valence-electron chi connectivity index (χ0n) is 14.7. The number of aromatic nitrogens is 1. The van der Waals surface area contributed by atoms with Gasteiger partial charge >= 0.3 is 29.6 Å². The van der Waals surface area contributed by atoms with Gasteiger partial charge in [0.1, 0.15) is 24.2 Å². The van der Waals surface area contributed by atoms with Gasteiger partial charge in [-0.15, -0.1) is 23.1 Å². The molecule has 1 fully saturated rings. The Morgan fingerprint density at radius 3 is 2.74 bits per heavy atom. The number of carboxylic acids is 1. The molecule has 2 aliphatic heterocycles. The summed E-state index contributed by atoms with van der Waals surface area (Å²) >= 11 is 2.48. The van der Waals surface area contributed by atoms with Gasteiger partial charge in [0.05, 0.1) is 11.7 Å². The number of nitrogens with two attached hydrogens (primary N) is 1. The molecule has 1 aromatic rings. The second kappa shape index (κ2) is 8.61. The summed E-state index contributed by atoms with van der Waals surface area (Å²) in [4.78, 5) is 45.9. The van der Waals surface area contributed by atoms with Gasteiger partial charge < -0.3 is 25.8 Å². The first kappa shape index (κ1) is 21.7. The number of hydrogen-bond donors (Lipinski definition) is 2. The summed E-state index contributed by atoms with van der Waals surface area (Å²) in [6.45, 7) is 1.79. The third-order valence-electron chi connectivity index (χ3n) is 3.71. The van der Waals surface area contributed by atoms with Gasteiger partial charge in [-0.2, -0.15) is 0 Å². The van der Waals surface area contributed by atoms with Crippen molar-refractivity contribution in [3.05, 3.63) is 22.8 Å². The van der Waals surface area contributed by atoms with Crippen molar-refractivity contribution in [2.75, 3.05) is 12.8 Å². The van der Waals surface area contributed by atoms with Crippen molar-refractivity contribution in [1.82, 2.24) is 15.2 Å². The number of carbonyl (C=O) groups is 3. The predicted octanol–water partition coefficient (Wildman–Crippen LogP) is -4.50. The Balaban J connectivity index is 0.00000261. The minimum atomic E-state index is -1.43. The number of carboxylic acid groups (broad SMARTS) is 1. The maximum atomic E-state index is 12.5. The molecule has 3 rings (SSSR count). The number of aliphatic carboxylic acids is 1. The number of carbonyl (C=O) groups excluding carboxylic acids is 3. The Hall–Kier alpha value is -1.60. The molecular formula is C14H14N5NaO5S2. The third kappa shape index (κ3) is 4.14. The number of fused-ring (bicyclic) bond motifs is 1. The summed E-state index contributed by atoms with van der Waals surface area (Å²) in [5, 5.41) is 18.5. The number of thiazole rings is 1. The second-order valence-electron chi connectivity index (χ2n) is 5.42. The molecule has 0 radical (unpaired) electrons. The summed E-state index contributed by atoms with van der Waals surface area (Å²) in [6, 6.07) is -0.893. The number of amides is 2. The van der Waals surface area contributed by atoms with Crippen LogP contribution in [0.5, 0.6) is 0 Å². The molecule has 3 N–H and O–H groups in total. The van der Waals surface area contributed by atoms with Crippen LogP contribution in [0.2, 0.25) is 0 Å². The summed E-state index contributed by atoms with van der Waals surface area (Å²) in [5.74, 6) is -2.64. The van der Waals surface area contributed by atoms with Crippen LogP contribution >= 0.6 is 23.1 Å². The number of rotatable bonds is 5. The van der Waals surface area contributed by atoms with E-state index in [2.05, 4.69) is 20.3 Å². The topological polar surface area (TPSA) is 150 Å². The smallest absolute Gasteiger partial charge is 0.543 e. The first-order valence-corrected chi connectivity index (χ1v) is 9.20. The van der Waals surface area contributed by atoms with Crippen molar-refractivity contribution >= 4 is 51.7 Å². The van der Waals surface area contributed by atoms with E-state index in [4.69, 9.17) is 5.73 Å². The van der Waals surface area contributed by atoms with Gasteiger partial charge in [-0.05, 0) is 13.0 Å². The second-order valence-corrected chi connectivity index (χ2v) is 7.81. The molecule has 1 saturated heterocycles. The SMILES string of the molecule is CON=C(C(=O)NC1C(=O)N2C(C(=O)[O-])=CC(C)S[C@H]12)c1csc(N)n1.[Na+]. The van der Waals surface area contributed by atoms with E-state index in [1.165, 1.54) is 30.3 Å². The van der Waals surface area contributed by atoms with Gasteiger partial charge in [0.2, 0.25) is 0 Å². The summed E-state index contributed by atoms with van der Waals surface area (Å²) in [7, 11) is 1.27. The molecule has 0 saturated carbocycles. The van der Waals surface area contributed by atoms with E-state index in [-0.39, 0.29) is 57.0 Å². The molecule has 10 nitrogen and oxygen atoms in total. The minimum Gasteiger partial charge on any atom is -0.543 e. The summed E-state index contributed by atoms with van der Waals surface area (Å²) in [5.41, 5.74) is 5.47. The fraction of sp³-hybridized carbons (Fsp3) is 0.357. The Labute approximate surface area is 184 Å². The third-order valence-corrected chi connectivity index (χ3v) is 5.71. The molecule has 138 valence electrons. The van der Waals surface area contributed by atoms with E-state index < -0.39 is 29.2 Å². The number of oxime groups is 1. The number of nitrogen functional groups attached to an aromatic ring is 1. The van der Waals surface area contributed by atoms with Crippen LogP contribution in [-0.4, -0.2) is 57.2 Å². The zero-order valence-corrected chi connectivity index (χ0v) is 18.3. The number of nitrogens with one attached hydrogen (secondary N) is 1. The van der Waals surface area contributed by atoms with Crippen LogP contribution in [-0.2, 0) is 19.2 Å². The first-order valence-electron chi connectivity index (χ1n) is 7.38. The van der Waals surface area contributed by atoms with Crippen molar-refractivity contribution < 1.29 is 53.9 Å². The van der Waals surface area contributed by atoms with E-state index in [9.17, 15) is 19.5 Å². The molecule has 13 heteroatoms. The number of β-lactam (4-membered cyclic amide) rings is 1. The van der Waals surface area contributed by atoms with Gasteiger partial charge in [-0.3, -0.25) is 14.5 Å². The van der Waals surface area contributed by atoms with E-state index >= 15 is 0 Å². The molecule has 2 aliphatic rings. The first-order chi connectivity index (χ1) is 12.3. The number of nitrogens with zero attached hydrogens (tertiary/aromatic N) is 3. The van der Waals surface area contributed by atoms with E-state index in [0.717, 1.165) is 16.2 Å². The van der Waals surface area contributed by atoms with Crippen molar-refractivity contribution in [2.24, 2.45) is 5.16 Å². The molecule has 2 unspecified atom stereocenters. The van der Waals surface area contributed by atoms with Crippen LogP contribution in [0.15, 0.2) is 22.3 Å². The Morgan fingerprint density at radius 2 is 2.19 bits per heavy atom. The van der Waals surface area contributed by atoms with Crippen LogP contribution < -0.4 is 45.7 Å². The van der Waals surface area contributed by atoms with Crippen molar-refractivity contribution in [2.45, 2.75) is 23.6 Å². The quantitative estimate of drug-likeness (QED) is 0.210. The van der Waals surface area contributed by atoms with Crippen LogP contribution in [0.4, 0.5) is 5.13 Å². The molecule has 2 amide bonds. The van der Waals surface area contributed by atoms with Crippen LogP contribution in [0.1, 0.15) is 12.6 Å². The molecule has 0 spiro atoms. The number of hydrogen-bond acceptors (Lipinski definition) is 10. The van der Waals surface area contributed by atoms with E-state index in [0.29, 0.717) is 0 Å². The minimum absolute atomic E-state index is 0. The molecule has 27 heavy (non-hydrogen) atoms.